The van der Waals surface area contributed by atoms with E-state index in [4.69, 9.17) is 25.5 Å². The molecular formula is C17H19ClN2O5. The molecule has 0 aliphatic heterocycles. The average molecular weight is 367 g/mol. The summed E-state index contributed by atoms with van der Waals surface area (Å²) in [6.45, 7) is 2.31. The van der Waals surface area contributed by atoms with Crippen LogP contribution in [0.15, 0.2) is 34.9 Å². The summed E-state index contributed by atoms with van der Waals surface area (Å²) in [5.74, 6) is 0.564. The molecule has 8 heteroatoms. The number of nitrogens with one attached hydrogen (secondary N) is 2. The summed E-state index contributed by atoms with van der Waals surface area (Å²) in [7, 11) is 1.46. The van der Waals surface area contributed by atoms with E-state index in [1.165, 1.54) is 25.5 Å². The Balaban J connectivity index is 1.93. The summed E-state index contributed by atoms with van der Waals surface area (Å²) in [5, 5.41) is 5.41. The summed E-state index contributed by atoms with van der Waals surface area (Å²) in [6, 6.07) is 6.44. The second-order valence-corrected chi connectivity index (χ2v) is 5.37. The number of amides is 2. The number of rotatable bonds is 8. The fourth-order valence-corrected chi connectivity index (χ4v) is 2.32. The van der Waals surface area contributed by atoms with E-state index in [1.807, 2.05) is 6.92 Å². The van der Waals surface area contributed by atoms with E-state index >= 15 is 0 Å². The normalized spacial score (nSPS) is 10.2. The van der Waals surface area contributed by atoms with Crippen molar-refractivity contribution in [3.8, 4) is 11.5 Å². The van der Waals surface area contributed by atoms with Crippen LogP contribution in [0.25, 0.3) is 0 Å². The summed E-state index contributed by atoms with van der Waals surface area (Å²) < 4.78 is 15.7. The Morgan fingerprint density at radius 3 is 2.72 bits per heavy atom. The predicted octanol–water partition coefficient (Wildman–Crippen LogP) is 2.39. The van der Waals surface area contributed by atoms with E-state index in [-0.39, 0.29) is 29.6 Å². The van der Waals surface area contributed by atoms with Gasteiger partial charge in [0, 0.05) is 5.56 Å². The topological polar surface area (TPSA) is 89.8 Å². The van der Waals surface area contributed by atoms with Gasteiger partial charge in [-0.15, -0.1) is 0 Å². The molecule has 1 aromatic heterocycles. The van der Waals surface area contributed by atoms with Crippen molar-refractivity contribution < 1.29 is 23.5 Å². The molecule has 0 bridgehead atoms. The number of carbonyl (C=O) groups is 2. The SMILES string of the molecule is CCOc1c(Cl)cc(C(=O)NCC(=O)NCc2ccco2)cc1OC. The van der Waals surface area contributed by atoms with Gasteiger partial charge in [-0.2, -0.15) is 0 Å². The van der Waals surface area contributed by atoms with Gasteiger partial charge in [-0.25, -0.2) is 0 Å². The van der Waals surface area contributed by atoms with Crippen molar-refractivity contribution in [1.29, 1.82) is 0 Å². The van der Waals surface area contributed by atoms with E-state index in [2.05, 4.69) is 10.6 Å². The predicted molar refractivity (Wildman–Crippen MR) is 92.1 cm³/mol. The van der Waals surface area contributed by atoms with Gasteiger partial charge in [0.2, 0.25) is 5.91 Å². The molecule has 2 N–H and O–H groups in total. The van der Waals surface area contributed by atoms with Gasteiger partial charge >= 0.3 is 0 Å². The molecule has 0 aliphatic rings. The molecule has 7 nitrogen and oxygen atoms in total. The second-order valence-electron chi connectivity index (χ2n) is 4.96. The molecule has 2 aromatic rings. The lowest BCUT2D eigenvalue weighted by Gasteiger charge is -2.13. The summed E-state index contributed by atoms with van der Waals surface area (Å²) in [6.07, 6.45) is 1.52. The molecule has 1 aromatic carbocycles. The van der Waals surface area contributed by atoms with E-state index < -0.39 is 5.91 Å². The molecule has 0 saturated heterocycles. The number of furan rings is 1. The minimum absolute atomic E-state index is 0.174. The lowest BCUT2D eigenvalue weighted by Crippen LogP contribution is -2.36. The Bertz CT molecular complexity index is 731. The van der Waals surface area contributed by atoms with Crippen LogP contribution in [0.2, 0.25) is 5.02 Å². The third-order valence-electron chi connectivity index (χ3n) is 3.23. The first-order valence-electron chi connectivity index (χ1n) is 7.62. The largest absolute Gasteiger partial charge is 0.493 e. The quantitative estimate of drug-likeness (QED) is 0.748. The molecule has 25 heavy (non-hydrogen) atoms. The number of methoxy groups -OCH3 is 1. The molecule has 0 fully saturated rings. The highest BCUT2D eigenvalue weighted by atomic mass is 35.5. The second kappa shape index (κ2) is 8.98. The molecular weight excluding hydrogens is 348 g/mol. The zero-order valence-electron chi connectivity index (χ0n) is 13.9. The van der Waals surface area contributed by atoms with Crippen LogP contribution in [-0.4, -0.2) is 32.1 Å². The third kappa shape index (κ3) is 5.15. The van der Waals surface area contributed by atoms with E-state index in [0.717, 1.165) is 0 Å². The monoisotopic (exact) mass is 366 g/mol. The van der Waals surface area contributed by atoms with Gasteiger partial charge < -0.3 is 24.5 Å². The van der Waals surface area contributed by atoms with Crippen LogP contribution in [0.4, 0.5) is 0 Å². The zero-order valence-corrected chi connectivity index (χ0v) is 14.7. The van der Waals surface area contributed by atoms with E-state index in [1.54, 1.807) is 12.1 Å². The van der Waals surface area contributed by atoms with Crippen molar-refractivity contribution in [2.75, 3.05) is 20.3 Å². The molecule has 134 valence electrons. The first kappa shape index (κ1) is 18.7. The average Bonchev–Trinajstić information content (AvgIpc) is 3.13. The highest BCUT2D eigenvalue weighted by Gasteiger charge is 2.16. The molecule has 0 radical (unpaired) electrons. The summed E-state index contributed by atoms with van der Waals surface area (Å²) in [4.78, 5) is 24.0. The van der Waals surface area contributed by atoms with Gasteiger partial charge in [0.15, 0.2) is 11.5 Å². The van der Waals surface area contributed by atoms with E-state index in [9.17, 15) is 9.59 Å². The third-order valence-corrected chi connectivity index (χ3v) is 3.51. The Hall–Kier alpha value is -2.67. The number of ether oxygens (including phenoxy) is 2. The fraction of sp³-hybridized carbons (Fsp3) is 0.294. The van der Waals surface area contributed by atoms with Crippen LogP contribution in [0.5, 0.6) is 11.5 Å². The van der Waals surface area contributed by atoms with Crippen molar-refractivity contribution in [3.63, 3.8) is 0 Å². The van der Waals surface area contributed by atoms with Crippen molar-refractivity contribution in [2.24, 2.45) is 0 Å². The maximum atomic E-state index is 12.2. The Morgan fingerprint density at radius 1 is 1.28 bits per heavy atom. The van der Waals surface area contributed by atoms with Gasteiger partial charge in [0.1, 0.15) is 5.76 Å². The smallest absolute Gasteiger partial charge is 0.251 e. The van der Waals surface area contributed by atoms with Crippen LogP contribution in [0.1, 0.15) is 23.0 Å². The molecule has 0 saturated carbocycles. The van der Waals surface area contributed by atoms with E-state index in [0.29, 0.717) is 23.9 Å². The number of carbonyl (C=O) groups excluding carboxylic acids is 2. The number of hydrogen-bond donors (Lipinski definition) is 2. The lowest BCUT2D eigenvalue weighted by molar-refractivity contribution is -0.120. The van der Waals surface area contributed by atoms with Crippen LogP contribution in [0, 0.1) is 0 Å². The summed E-state index contributed by atoms with van der Waals surface area (Å²) in [5.41, 5.74) is 0.268. The van der Waals surface area contributed by atoms with Gasteiger partial charge in [0.25, 0.3) is 5.91 Å². The minimum atomic E-state index is -0.448. The maximum absolute atomic E-state index is 12.2. The highest BCUT2D eigenvalue weighted by Crippen LogP contribution is 2.36. The highest BCUT2D eigenvalue weighted by molar-refractivity contribution is 6.32. The zero-order chi connectivity index (χ0) is 18.2. The van der Waals surface area contributed by atoms with Gasteiger partial charge in [-0.05, 0) is 31.2 Å². The summed E-state index contributed by atoms with van der Waals surface area (Å²) >= 11 is 6.13. The molecule has 0 aliphatic carbocycles. The first-order valence-corrected chi connectivity index (χ1v) is 8.00. The Morgan fingerprint density at radius 2 is 2.08 bits per heavy atom. The standard InChI is InChI=1S/C17H19ClN2O5/c1-3-24-16-13(18)7-11(8-14(16)23-2)17(22)20-10-15(21)19-9-12-5-4-6-25-12/h4-8H,3,9-10H2,1-2H3,(H,19,21)(H,20,22). The Labute approximate surface area is 150 Å². The van der Waals surface area contributed by atoms with Crippen LogP contribution < -0.4 is 20.1 Å². The molecule has 1 heterocycles. The van der Waals surface area contributed by atoms with Crippen molar-refractivity contribution in [3.05, 3.63) is 46.9 Å². The minimum Gasteiger partial charge on any atom is -0.493 e. The van der Waals surface area contributed by atoms with Crippen molar-refractivity contribution in [2.45, 2.75) is 13.5 Å². The first-order chi connectivity index (χ1) is 12.0. The number of halogens is 1. The molecule has 2 rings (SSSR count). The van der Waals surface area contributed by atoms with Crippen LogP contribution in [-0.2, 0) is 11.3 Å². The Kier molecular flexibility index (Phi) is 6.71. The van der Waals surface area contributed by atoms with Crippen molar-refractivity contribution >= 4 is 23.4 Å². The maximum Gasteiger partial charge on any atom is 0.251 e. The van der Waals surface area contributed by atoms with Gasteiger partial charge in [0.05, 0.1) is 38.1 Å². The number of hydrogen-bond acceptors (Lipinski definition) is 5. The molecule has 0 unspecified atom stereocenters. The molecule has 0 atom stereocenters. The van der Waals surface area contributed by atoms with Crippen molar-refractivity contribution in [1.82, 2.24) is 10.6 Å². The van der Waals surface area contributed by atoms with Gasteiger partial charge in [-0.3, -0.25) is 9.59 Å². The van der Waals surface area contributed by atoms with Gasteiger partial charge in [-0.1, -0.05) is 11.6 Å². The fourth-order valence-electron chi connectivity index (χ4n) is 2.06. The van der Waals surface area contributed by atoms with Crippen LogP contribution >= 0.6 is 11.6 Å². The molecule has 2 amide bonds. The van der Waals surface area contributed by atoms with Crippen LogP contribution in [0.3, 0.4) is 0 Å². The number of benzene rings is 1. The lowest BCUT2D eigenvalue weighted by atomic mass is 10.2. The molecule has 0 spiro atoms.